The zero-order chi connectivity index (χ0) is 9.56. The van der Waals surface area contributed by atoms with Gasteiger partial charge < -0.3 is 5.41 Å². The highest BCUT2D eigenvalue weighted by atomic mass is 127. The van der Waals surface area contributed by atoms with E-state index in [1.165, 1.54) is 15.6 Å². The van der Waals surface area contributed by atoms with Crippen molar-refractivity contribution in [1.82, 2.24) is 0 Å². The van der Waals surface area contributed by atoms with Crippen LogP contribution in [0.4, 0.5) is 0 Å². The molecule has 70 valence electrons. The number of hydrogen-bond donors (Lipinski definition) is 1. The molecule has 0 fully saturated rings. The van der Waals surface area contributed by atoms with E-state index in [-0.39, 0.29) is 0 Å². The molecular weight excluding hydrogens is 261 g/mol. The lowest BCUT2D eigenvalue weighted by atomic mass is 10.0. The Morgan fingerprint density at radius 3 is 2.00 bits per heavy atom. The minimum atomic E-state index is 0.745. The van der Waals surface area contributed by atoms with Gasteiger partial charge in [0.25, 0.3) is 0 Å². The van der Waals surface area contributed by atoms with Gasteiger partial charge in [0.1, 0.15) is 0 Å². The lowest BCUT2D eigenvalue weighted by Crippen LogP contribution is -1.97. The van der Waals surface area contributed by atoms with Crippen LogP contribution in [-0.4, -0.2) is 5.71 Å². The van der Waals surface area contributed by atoms with Crippen LogP contribution in [0.2, 0.25) is 0 Å². The van der Waals surface area contributed by atoms with Crippen LogP contribution in [0.25, 0.3) is 0 Å². The van der Waals surface area contributed by atoms with Gasteiger partial charge in [0.2, 0.25) is 0 Å². The molecular formula is C10H18IN. The Balaban J connectivity index is 4.43. The van der Waals surface area contributed by atoms with Crippen LogP contribution in [-0.2, 0) is 0 Å². The Labute approximate surface area is 89.3 Å². The molecule has 0 aliphatic heterocycles. The molecule has 0 spiro atoms. The van der Waals surface area contributed by atoms with Crippen LogP contribution in [0, 0.1) is 5.41 Å². The molecule has 0 aromatic rings. The molecule has 0 aromatic carbocycles. The first-order valence-electron chi connectivity index (χ1n) is 4.56. The van der Waals surface area contributed by atoms with Crippen molar-refractivity contribution in [3.05, 3.63) is 9.15 Å². The van der Waals surface area contributed by atoms with E-state index >= 15 is 0 Å². The van der Waals surface area contributed by atoms with E-state index < -0.39 is 0 Å². The van der Waals surface area contributed by atoms with Crippen molar-refractivity contribution < 1.29 is 0 Å². The minimum Gasteiger partial charge on any atom is -0.305 e. The van der Waals surface area contributed by atoms with Crippen LogP contribution < -0.4 is 0 Å². The summed E-state index contributed by atoms with van der Waals surface area (Å²) in [4.78, 5) is 0. The molecule has 0 aliphatic carbocycles. The zero-order valence-electron chi connectivity index (χ0n) is 8.21. The van der Waals surface area contributed by atoms with Gasteiger partial charge in [0, 0.05) is 5.71 Å². The number of nitrogens with one attached hydrogen (secondary N) is 1. The Hall–Kier alpha value is 0.140. The maximum absolute atomic E-state index is 7.60. The molecule has 0 aromatic heterocycles. The van der Waals surface area contributed by atoms with Gasteiger partial charge in [-0.15, -0.1) is 0 Å². The molecule has 2 heteroatoms. The highest BCUT2D eigenvalue weighted by Gasteiger charge is 2.04. The summed E-state index contributed by atoms with van der Waals surface area (Å²) in [5.41, 5.74) is 2.01. The van der Waals surface area contributed by atoms with Crippen molar-refractivity contribution in [2.24, 2.45) is 0 Å². The second kappa shape index (κ2) is 6.63. The van der Waals surface area contributed by atoms with Gasteiger partial charge >= 0.3 is 0 Å². The molecule has 12 heavy (non-hydrogen) atoms. The smallest absolute Gasteiger partial charge is 0.0322 e. The van der Waals surface area contributed by atoms with Crippen LogP contribution in [0.1, 0.15) is 46.5 Å². The fourth-order valence-corrected chi connectivity index (χ4v) is 2.36. The van der Waals surface area contributed by atoms with Crippen LogP contribution in [0.15, 0.2) is 9.15 Å². The second-order valence-corrected chi connectivity index (χ2v) is 4.31. The van der Waals surface area contributed by atoms with Gasteiger partial charge in [-0.3, -0.25) is 0 Å². The molecule has 0 amide bonds. The molecule has 0 unspecified atom stereocenters. The molecule has 0 saturated heterocycles. The summed E-state index contributed by atoms with van der Waals surface area (Å²) in [7, 11) is 0. The van der Waals surface area contributed by atoms with Crippen molar-refractivity contribution >= 4 is 28.3 Å². The Morgan fingerprint density at radius 1 is 1.17 bits per heavy atom. The van der Waals surface area contributed by atoms with Gasteiger partial charge in [-0.1, -0.05) is 26.7 Å². The normalized spacial score (nSPS) is 12.7. The monoisotopic (exact) mass is 279 g/mol. The van der Waals surface area contributed by atoms with E-state index in [1.54, 1.807) is 0 Å². The van der Waals surface area contributed by atoms with E-state index in [1.807, 2.05) is 6.92 Å². The van der Waals surface area contributed by atoms with Crippen molar-refractivity contribution in [2.45, 2.75) is 46.5 Å². The summed E-state index contributed by atoms with van der Waals surface area (Å²) < 4.78 is 1.38. The molecule has 0 rings (SSSR count). The van der Waals surface area contributed by atoms with Gasteiger partial charge in [-0.2, -0.15) is 0 Å². The third kappa shape index (κ3) is 4.24. The quantitative estimate of drug-likeness (QED) is 0.572. The van der Waals surface area contributed by atoms with E-state index in [4.69, 9.17) is 5.41 Å². The average Bonchev–Trinajstić information content (AvgIpc) is 1.99. The van der Waals surface area contributed by atoms with Crippen molar-refractivity contribution in [3.63, 3.8) is 0 Å². The maximum Gasteiger partial charge on any atom is 0.0322 e. The fourth-order valence-electron chi connectivity index (χ4n) is 1.15. The summed E-state index contributed by atoms with van der Waals surface area (Å²) in [5, 5.41) is 7.60. The van der Waals surface area contributed by atoms with Crippen molar-refractivity contribution in [3.8, 4) is 0 Å². The first kappa shape index (κ1) is 12.1. The average molecular weight is 279 g/mol. The maximum atomic E-state index is 7.60. The standard InChI is InChI=1S/C10H18IN/c1-4-6-9(8(3)12)10(11)7-5-2/h12H,4-7H2,1-3H3/b10-9-,12-8?. The molecule has 0 bridgehead atoms. The van der Waals surface area contributed by atoms with E-state index in [0.717, 1.165) is 25.0 Å². The van der Waals surface area contributed by atoms with Gasteiger partial charge in [0.15, 0.2) is 0 Å². The SMILES string of the molecule is CCC/C(I)=C(\CCC)C(C)=N. The number of allylic oxidation sites excluding steroid dienone is 2. The number of rotatable bonds is 5. The molecule has 1 nitrogen and oxygen atoms in total. The lowest BCUT2D eigenvalue weighted by molar-refractivity contribution is 0.896. The minimum absolute atomic E-state index is 0.745. The summed E-state index contributed by atoms with van der Waals surface area (Å²) >= 11 is 2.38. The predicted octanol–water partition coefficient (Wildman–Crippen LogP) is 4.32. The highest BCUT2D eigenvalue weighted by Crippen LogP contribution is 2.22. The summed E-state index contributed by atoms with van der Waals surface area (Å²) in [6, 6.07) is 0. The third-order valence-electron chi connectivity index (χ3n) is 1.75. The largest absolute Gasteiger partial charge is 0.305 e. The molecule has 0 atom stereocenters. The second-order valence-electron chi connectivity index (χ2n) is 3.01. The highest BCUT2D eigenvalue weighted by molar-refractivity contribution is 14.1. The van der Waals surface area contributed by atoms with Crippen LogP contribution >= 0.6 is 22.6 Å². The van der Waals surface area contributed by atoms with Gasteiger partial charge in [-0.25, -0.2) is 0 Å². The van der Waals surface area contributed by atoms with Crippen LogP contribution in [0.5, 0.6) is 0 Å². The third-order valence-corrected chi connectivity index (χ3v) is 2.94. The fraction of sp³-hybridized carbons (Fsp3) is 0.700. The van der Waals surface area contributed by atoms with Gasteiger partial charge in [-0.05, 0) is 51.5 Å². The van der Waals surface area contributed by atoms with E-state index in [2.05, 4.69) is 36.4 Å². The van der Waals surface area contributed by atoms with E-state index in [0.29, 0.717) is 0 Å². The van der Waals surface area contributed by atoms with Crippen LogP contribution in [0.3, 0.4) is 0 Å². The first-order chi connectivity index (χ1) is 5.63. The molecule has 0 saturated carbocycles. The Kier molecular flexibility index (Phi) is 6.71. The molecule has 0 radical (unpaired) electrons. The van der Waals surface area contributed by atoms with E-state index in [9.17, 15) is 0 Å². The summed E-state index contributed by atoms with van der Waals surface area (Å²) in [6.45, 7) is 6.24. The molecule has 0 aliphatic rings. The number of halogens is 1. The number of hydrogen-bond acceptors (Lipinski definition) is 1. The topological polar surface area (TPSA) is 23.9 Å². The molecule has 0 heterocycles. The summed E-state index contributed by atoms with van der Waals surface area (Å²) in [5.74, 6) is 0. The Bertz CT molecular complexity index is 182. The van der Waals surface area contributed by atoms with Crippen molar-refractivity contribution in [2.75, 3.05) is 0 Å². The Morgan fingerprint density at radius 2 is 1.67 bits per heavy atom. The van der Waals surface area contributed by atoms with Gasteiger partial charge in [0.05, 0.1) is 0 Å². The predicted molar refractivity (Wildman–Crippen MR) is 64.3 cm³/mol. The zero-order valence-corrected chi connectivity index (χ0v) is 10.4. The molecule has 1 N–H and O–H groups in total. The summed E-state index contributed by atoms with van der Waals surface area (Å²) in [6.07, 6.45) is 4.51. The van der Waals surface area contributed by atoms with Crippen molar-refractivity contribution in [1.29, 1.82) is 5.41 Å². The lowest BCUT2D eigenvalue weighted by Gasteiger charge is -2.07. The first-order valence-corrected chi connectivity index (χ1v) is 5.64.